The summed E-state index contributed by atoms with van der Waals surface area (Å²) < 4.78 is 26.4. The van der Waals surface area contributed by atoms with Crippen LogP contribution < -0.4 is 11.5 Å². The minimum absolute atomic E-state index is 0.609. The van der Waals surface area contributed by atoms with Crippen LogP contribution in [0.3, 0.4) is 0 Å². The molecule has 1 rings (SSSR count). The Morgan fingerprint density at radius 2 is 1.58 bits per heavy atom. The molecular weight excluding hydrogens is 260 g/mol. The summed E-state index contributed by atoms with van der Waals surface area (Å²) in [7, 11) is 0. The van der Waals surface area contributed by atoms with Gasteiger partial charge in [-0.05, 0) is 12.1 Å². The highest BCUT2D eigenvalue weighted by Gasteiger charge is 2.23. The molecule has 0 unspecified atom stereocenters. The Kier molecular flexibility index (Phi) is 4.51. The number of carbonyl (C=O) groups is 3. The third-order valence-electron chi connectivity index (χ3n) is 2.16. The Morgan fingerprint density at radius 3 is 2.05 bits per heavy atom. The second-order valence-corrected chi connectivity index (χ2v) is 3.70. The quantitative estimate of drug-likeness (QED) is 0.745. The molecule has 8 heteroatoms. The van der Waals surface area contributed by atoms with Gasteiger partial charge < -0.3 is 16.4 Å². The molecule has 0 heterocycles. The molecule has 0 bridgehead atoms. The third kappa shape index (κ3) is 3.73. The van der Waals surface area contributed by atoms with Gasteiger partial charge in [-0.3, -0.25) is 14.4 Å². The molecule has 0 aromatic heterocycles. The van der Waals surface area contributed by atoms with Crippen molar-refractivity contribution in [3.8, 4) is 0 Å². The van der Waals surface area contributed by atoms with E-state index >= 15 is 0 Å². The second-order valence-electron chi connectivity index (χ2n) is 3.70. The number of nitrogens with zero attached hydrogens (tertiary/aromatic N) is 1. The van der Waals surface area contributed by atoms with Crippen molar-refractivity contribution < 1.29 is 23.2 Å². The normalized spacial score (nSPS) is 10.0. The number of benzene rings is 1. The summed E-state index contributed by atoms with van der Waals surface area (Å²) in [5, 5.41) is 0. The summed E-state index contributed by atoms with van der Waals surface area (Å²) in [5.41, 5.74) is 9.19. The molecule has 0 aliphatic rings. The van der Waals surface area contributed by atoms with Gasteiger partial charge in [-0.25, -0.2) is 8.78 Å². The SMILES string of the molecule is NC(=O)CN(CC(N)=O)C(=O)c1cccc(F)c1F. The van der Waals surface area contributed by atoms with Crippen LogP contribution in [0, 0.1) is 11.6 Å². The summed E-state index contributed by atoms with van der Waals surface area (Å²) in [6, 6.07) is 2.98. The number of nitrogens with two attached hydrogens (primary N) is 2. The summed E-state index contributed by atoms with van der Waals surface area (Å²) >= 11 is 0. The first-order chi connectivity index (χ1) is 8.82. The van der Waals surface area contributed by atoms with E-state index in [0.29, 0.717) is 4.90 Å². The van der Waals surface area contributed by atoms with Crippen molar-refractivity contribution >= 4 is 17.7 Å². The van der Waals surface area contributed by atoms with E-state index in [1.807, 2.05) is 0 Å². The minimum Gasteiger partial charge on any atom is -0.368 e. The largest absolute Gasteiger partial charge is 0.368 e. The van der Waals surface area contributed by atoms with Gasteiger partial charge in [0.05, 0.1) is 5.56 Å². The lowest BCUT2D eigenvalue weighted by atomic mass is 10.1. The molecule has 3 amide bonds. The van der Waals surface area contributed by atoms with Crippen LogP contribution in [0.4, 0.5) is 8.78 Å². The van der Waals surface area contributed by atoms with Crippen LogP contribution in [0.5, 0.6) is 0 Å². The number of amides is 3. The van der Waals surface area contributed by atoms with E-state index in [-0.39, 0.29) is 0 Å². The molecule has 102 valence electrons. The monoisotopic (exact) mass is 271 g/mol. The molecule has 0 atom stereocenters. The molecule has 19 heavy (non-hydrogen) atoms. The molecule has 1 aromatic carbocycles. The number of halogens is 2. The van der Waals surface area contributed by atoms with Crippen molar-refractivity contribution in [2.45, 2.75) is 0 Å². The second kappa shape index (κ2) is 5.89. The van der Waals surface area contributed by atoms with E-state index in [1.54, 1.807) is 0 Å². The summed E-state index contributed by atoms with van der Waals surface area (Å²) in [5.74, 6) is -5.46. The first-order valence-electron chi connectivity index (χ1n) is 5.12. The Labute approximate surface area is 107 Å². The van der Waals surface area contributed by atoms with Crippen molar-refractivity contribution in [2.24, 2.45) is 11.5 Å². The van der Waals surface area contributed by atoms with Gasteiger partial charge in [-0.1, -0.05) is 6.07 Å². The minimum atomic E-state index is -1.37. The summed E-state index contributed by atoms with van der Waals surface area (Å²) in [6.07, 6.45) is 0. The van der Waals surface area contributed by atoms with Crippen LogP contribution in [-0.4, -0.2) is 35.7 Å². The molecule has 6 nitrogen and oxygen atoms in total. The van der Waals surface area contributed by atoms with Gasteiger partial charge in [0, 0.05) is 0 Å². The van der Waals surface area contributed by atoms with Crippen LogP contribution in [0.2, 0.25) is 0 Å². The van der Waals surface area contributed by atoms with Crippen molar-refractivity contribution in [1.82, 2.24) is 4.90 Å². The van der Waals surface area contributed by atoms with Gasteiger partial charge in [0.15, 0.2) is 11.6 Å². The maximum absolute atomic E-state index is 13.4. The maximum Gasteiger partial charge on any atom is 0.257 e. The van der Waals surface area contributed by atoms with E-state index < -0.39 is 48.0 Å². The van der Waals surface area contributed by atoms with Crippen LogP contribution in [-0.2, 0) is 9.59 Å². The molecule has 0 spiro atoms. The number of rotatable bonds is 5. The highest BCUT2D eigenvalue weighted by atomic mass is 19.2. The average molecular weight is 271 g/mol. The maximum atomic E-state index is 13.4. The Bertz CT molecular complexity index is 518. The predicted octanol–water partition coefficient (Wildman–Crippen LogP) is -0.622. The van der Waals surface area contributed by atoms with Crippen LogP contribution in [0.25, 0.3) is 0 Å². The van der Waals surface area contributed by atoms with E-state index in [2.05, 4.69) is 0 Å². The third-order valence-corrected chi connectivity index (χ3v) is 2.16. The average Bonchev–Trinajstić information content (AvgIpc) is 2.30. The number of carbonyl (C=O) groups excluding carboxylic acids is 3. The number of primary amides is 2. The molecule has 0 fully saturated rings. The number of hydrogen-bond donors (Lipinski definition) is 2. The highest BCUT2D eigenvalue weighted by Crippen LogP contribution is 2.13. The summed E-state index contributed by atoms with van der Waals surface area (Å²) in [4.78, 5) is 34.1. The molecule has 1 aromatic rings. The fourth-order valence-electron chi connectivity index (χ4n) is 1.42. The van der Waals surface area contributed by atoms with Crippen LogP contribution >= 0.6 is 0 Å². The van der Waals surface area contributed by atoms with Crippen LogP contribution in [0.1, 0.15) is 10.4 Å². The van der Waals surface area contributed by atoms with Crippen molar-refractivity contribution in [1.29, 1.82) is 0 Å². The molecule has 0 aliphatic carbocycles. The molecule has 0 aliphatic heterocycles. The molecule has 4 N–H and O–H groups in total. The van der Waals surface area contributed by atoms with Crippen LogP contribution in [0.15, 0.2) is 18.2 Å². The van der Waals surface area contributed by atoms with E-state index in [9.17, 15) is 23.2 Å². The standard InChI is InChI=1S/C11H11F2N3O3/c12-7-3-1-2-6(10(7)13)11(19)16(4-8(14)17)5-9(15)18/h1-3H,4-5H2,(H2,14,17)(H2,15,18). The lowest BCUT2D eigenvalue weighted by Crippen LogP contribution is -2.43. The number of hydrogen-bond acceptors (Lipinski definition) is 3. The zero-order valence-corrected chi connectivity index (χ0v) is 9.73. The van der Waals surface area contributed by atoms with Gasteiger partial charge in [0.1, 0.15) is 13.1 Å². The fraction of sp³-hybridized carbons (Fsp3) is 0.182. The lowest BCUT2D eigenvalue weighted by molar-refractivity contribution is -0.121. The Morgan fingerprint density at radius 1 is 1.05 bits per heavy atom. The van der Waals surface area contributed by atoms with E-state index in [1.165, 1.54) is 0 Å². The fourth-order valence-corrected chi connectivity index (χ4v) is 1.42. The van der Waals surface area contributed by atoms with Gasteiger partial charge in [-0.2, -0.15) is 0 Å². The van der Waals surface area contributed by atoms with Gasteiger partial charge in [-0.15, -0.1) is 0 Å². The first-order valence-corrected chi connectivity index (χ1v) is 5.12. The Balaban J connectivity index is 3.07. The smallest absolute Gasteiger partial charge is 0.257 e. The zero-order valence-electron chi connectivity index (χ0n) is 9.73. The molecule has 0 saturated carbocycles. The highest BCUT2D eigenvalue weighted by molar-refractivity contribution is 5.98. The van der Waals surface area contributed by atoms with Crippen molar-refractivity contribution in [3.63, 3.8) is 0 Å². The van der Waals surface area contributed by atoms with Gasteiger partial charge >= 0.3 is 0 Å². The zero-order chi connectivity index (χ0) is 14.6. The van der Waals surface area contributed by atoms with Crippen molar-refractivity contribution in [3.05, 3.63) is 35.4 Å². The van der Waals surface area contributed by atoms with E-state index in [4.69, 9.17) is 11.5 Å². The first kappa shape index (κ1) is 14.6. The summed E-state index contributed by atoms with van der Waals surface area (Å²) in [6.45, 7) is -1.25. The molecular formula is C11H11F2N3O3. The molecule has 0 saturated heterocycles. The Hall–Kier alpha value is -2.51. The topological polar surface area (TPSA) is 106 Å². The van der Waals surface area contributed by atoms with Gasteiger partial charge in [0.2, 0.25) is 11.8 Å². The molecule has 0 radical (unpaired) electrons. The van der Waals surface area contributed by atoms with Crippen molar-refractivity contribution in [2.75, 3.05) is 13.1 Å². The predicted molar refractivity (Wildman–Crippen MR) is 60.7 cm³/mol. The van der Waals surface area contributed by atoms with Gasteiger partial charge in [0.25, 0.3) is 5.91 Å². The lowest BCUT2D eigenvalue weighted by Gasteiger charge is -2.19. The van der Waals surface area contributed by atoms with E-state index in [0.717, 1.165) is 18.2 Å².